The zero-order chi connectivity index (χ0) is 22.1. The van der Waals surface area contributed by atoms with Gasteiger partial charge in [-0.15, -0.1) is 0 Å². The summed E-state index contributed by atoms with van der Waals surface area (Å²) in [5, 5.41) is 1.23. The first-order chi connectivity index (χ1) is 15.5. The lowest BCUT2D eigenvalue weighted by molar-refractivity contribution is 0.0680. The van der Waals surface area contributed by atoms with E-state index in [1.807, 2.05) is 12.1 Å². The predicted octanol–water partition coefficient (Wildman–Crippen LogP) is 4.75. The van der Waals surface area contributed by atoms with Crippen molar-refractivity contribution in [2.75, 3.05) is 13.1 Å². The molecule has 6 nitrogen and oxygen atoms in total. The lowest BCUT2D eigenvalue weighted by Gasteiger charge is -2.31. The molecule has 3 heterocycles. The largest absolute Gasteiger partial charge is 0.459 e. The number of para-hydroxylation sites is 1. The van der Waals surface area contributed by atoms with Crippen molar-refractivity contribution in [1.82, 2.24) is 9.88 Å². The van der Waals surface area contributed by atoms with E-state index in [-0.39, 0.29) is 22.3 Å². The van der Waals surface area contributed by atoms with Crippen LogP contribution in [0.5, 0.6) is 0 Å². The minimum absolute atomic E-state index is 0.120. The van der Waals surface area contributed by atoms with Gasteiger partial charge in [0.1, 0.15) is 0 Å². The number of benzene rings is 2. The van der Waals surface area contributed by atoms with Gasteiger partial charge in [-0.2, -0.15) is 0 Å². The van der Waals surface area contributed by atoms with Crippen molar-refractivity contribution in [1.29, 1.82) is 0 Å². The second-order valence-corrected chi connectivity index (χ2v) is 10.2. The monoisotopic (exact) mass is 448 g/mol. The number of furan rings is 1. The number of sulfone groups is 1. The van der Waals surface area contributed by atoms with Gasteiger partial charge >= 0.3 is 0 Å². The molecule has 0 bridgehead atoms. The van der Waals surface area contributed by atoms with E-state index < -0.39 is 9.84 Å². The van der Waals surface area contributed by atoms with E-state index >= 15 is 0 Å². The number of nitrogens with one attached hydrogen (secondary N) is 1. The number of amides is 1. The van der Waals surface area contributed by atoms with Gasteiger partial charge in [0, 0.05) is 35.8 Å². The molecule has 0 unspecified atom stereocenters. The van der Waals surface area contributed by atoms with Crippen molar-refractivity contribution in [3.8, 4) is 0 Å². The molecule has 0 saturated carbocycles. The first-order valence-corrected chi connectivity index (χ1v) is 12.4. The maximum absolute atomic E-state index is 13.1. The maximum Gasteiger partial charge on any atom is 0.289 e. The average Bonchev–Trinajstić information content (AvgIpc) is 3.46. The van der Waals surface area contributed by atoms with Gasteiger partial charge in [0.25, 0.3) is 5.91 Å². The maximum atomic E-state index is 13.1. The summed E-state index contributed by atoms with van der Waals surface area (Å²) in [6, 6.07) is 18.1. The number of H-pyrrole nitrogens is 1. The number of piperidine rings is 1. The van der Waals surface area contributed by atoms with Crippen LogP contribution in [0.4, 0.5) is 0 Å². The first kappa shape index (κ1) is 20.6. The lowest BCUT2D eigenvalue weighted by Crippen LogP contribution is -2.38. The number of hydrogen-bond donors (Lipinski definition) is 1. The molecule has 2 aromatic heterocycles. The SMILES string of the molecule is O=C(c1occc1CS(=O)(=O)c1ccccc1)N1CCC(c2c[nH]c3ccccc23)CC1. The molecule has 32 heavy (non-hydrogen) atoms. The highest BCUT2D eigenvalue weighted by atomic mass is 32.2. The van der Waals surface area contributed by atoms with Crippen molar-refractivity contribution in [3.63, 3.8) is 0 Å². The first-order valence-electron chi connectivity index (χ1n) is 10.7. The molecule has 1 N–H and O–H groups in total. The lowest BCUT2D eigenvalue weighted by atomic mass is 9.89. The number of aromatic amines is 1. The second kappa shape index (κ2) is 8.31. The van der Waals surface area contributed by atoms with Gasteiger partial charge in [-0.3, -0.25) is 4.79 Å². The van der Waals surface area contributed by atoms with Crippen LogP contribution in [0.3, 0.4) is 0 Å². The van der Waals surface area contributed by atoms with Crippen molar-refractivity contribution < 1.29 is 17.6 Å². The van der Waals surface area contributed by atoms with Crippen LogP contribution in [0.2, 0.25) is 0 Å². The van der Waals surface area contributed by atoms with Gasteiger partial charge in [0.2, 0.25) is 0 Å². The zero-order valence-corrected chi connectivity index (χ0v) is 18.3. The number of hydrogen-bond acceptors (Lipinski definition) is 4. The third kappa shape index (κ3) is 3.84. The van der Waals surface area contributed by atoms with E-state index in [2.05, 4.69) is 23.3 Å². The fourth-order valence-electron chi connectivity index (χ4n) is 4.52. The van der Waals surface area contributed by atoms with Gasteiger partial charge in [0.15, 0.2) is 15.6 Å². The van der Waals surface area contributed by atoms with Crippen LogP contribution < -0.4 is 0 Å². The van der Waals surface area contributed by atoms with E-state index in [1.165, 1.54) is 17.2 Å². The topological polar surface area (TPSA) is 83.4 Å². The number of aromatic nitrogens is 1. The van der Waals surface area contributed by atoms with Crippen LogP contribution in [0, 0.1) is 0 Å². The molecule has 4 aromatic rings. The summed E-state index contributed by atoms with van der Waals surface area (Å²) in [5.41, 5.74) is 2.82. The van der Waals surface area contributed by atoms with E-state index in [9.17, 15) is 13.2 Å². The summed E-state index contributed by atoms with van der Waals surface area (Å²) in [5.74, 6) is -0.00848. The number of carbonyl (C=O) groups excluding carboxylic acids is 1. The van der Waals surface area contributed by atoms with Crippen LogP contribution in [0.15, 0.2) is 82.4 Å². The molecule has 1 fully saturated rings. The van der Waals surface area contributed by atoms with Gasteiger partial charge in [-0.25, -0.2) is 8.42 Å². The Bertz CT molecular complexity index is 1350. The summed E-state index contributed by atoms with van der Waals surface area (Å²) >= 11 is 0. The Balaban J connectivity index is 1.29. The molecule has 0 radical (unpaired) electrons. The molecule has 0 atom stereocenters. The molecule has 0 spiro atoms. The molecule has 5 rings (SSSR count). The third-order valence-corrected chi connectivity index (χ3v) is 7.91. The van der Waals surface area contributed by atoms with Crippen LogP contribution in [0.25, 0.3) is 10.9 Å². The van der Waals surface area contributed by atoms with Gasteiger partial charge in [0.05, 0.1) is 16.9 Å². The molecule has 1 amide bonds. The summed E-state index contributed by atoms with van der Waals surface area (Å²) < 4.78 is 31.0. The van der Waals surface area contributed by atoms with Crippen LogP contribution in [0.1, 0.15) is 40.4 Å². The van der Waals surface area contributed by atoms with Crippen LogP contribution in [-0.4, -0.2) is 37.3 Å². The highest BCUT2D eigenvalue weighted by Crippen LogP contribution is 2.33. The number of carbonyl (C=O) groups is 1. The van der Waals surface area contributed by atoms with Gasteiger partial charge in [-0.1, -0.05) is 36.4 Å². The van der Waals surface area contributed by atoms with E-state index in [4.69, 9.17) is 4.42 Å². The highest BCUT2D eigenvalue weighted by Gasteiger charge is 2.30. The van der Waals surface area contributed by atoms with Crippen molar-refractivity contribution in [3.05, 3.63) is 90.0 Å². The van der Waals surface area contributed by atoms with Crippen LogP contribution >= 0.6 is 0 Å². The molecular weight excluding hydrogens is 424 g/mol. The second-order valence-electron chi connectivity index (χ2n) is 8.20. The summed E-state index contributed by atoms with van der Waals surface area (Å²) in [4.78, 5) is 18.5. The molecule has 2 aromatic carbocycles. The number of fused-ring (bicyclic) bond motifs is 1. The summed E-state index contributed by atoms with van der Waals surface area (Å²) in [7, 11) is -3.56. The standard InChI is InChI=1S/C25H24N2O4S/c28-25(24-19(12-15-31-24)17-32(29,30)20-6-2-1-3-7-20)27-13-10-18(11-14-27)22-16-26-23-9-5-4-8-21(22)23/h1-9,12,15-16,18,26H,10-11,13-14,17H2. The van der Waals surface area contributed by atoms with E-state index in [0.717, 1.165) is 18.4 Å². The Morgan fingerprint density at radius 2 is 1.72 bits per heavy atom. The molecule has 7 heteroatoms. The average molecular weight is 449 g/mol. The van der Waals surface area contributed by atoms with E-state index in [1.54, 1.807) is 41.3 Å². The normalized spacial score (nSPS) is 15.3. The van der Waals surface area contributed by atoms with Gasteiger partial charge < -0.3 is 14.3 Å². The molecular formula is C25H24N2O4S. The third-order valence-electron chi connectivity index (χ3n) is 6.23. The number of likely N-dealkylation sites (tertiary alicyclic amines) is 1. The Kier molecular flexibility index (Phi) is 5.35. The molecule has 0 aliphatic carbocycles. The fourth-order valence-corrected chi connectivity index (χ4v) is 5.90. The Hall–Kier alpha value is -3.32. The molecule has 1 aliphatic heterocycles. The summed E-state index contributed by atoms with van der Waals surface area (Å²) in [6.45, 7) is 1.21. The van der Waals surface area contributed by atoms with E-state index in [0.29, 0.717) is 24.6 Å². The predicted molar refractivity (Wildman–Crippen MR) is 122 cm³/mol. The molecule has 1 aliphatic rings. The zero-order valence-electron chi connectivity index (χ0n) is 17.5. The smallest absolute Gasteiger partial charge is 0.289 e. The quantitative estimate of drug-likeness (QED) is 0.477. The molecule has 164 valence electrons. The van der Waals surface area contributed by atoms with Crippen molar-refractivity contribution >= 4 is 26.6 Å². The minimum atomic E-state index is -3.56. The highest BCUT2D eigenvalue weighted by molar-refractivity contribution is 7.90. The van der Waals surface area contributed by atoms with Crippen molar-refractivity contribution in [2.45, 2.75) is 29.4 Å². The number of rotatable bonds is 5. The minimum Gasteiger partial charge on any atom is -0.459 e. The molecule has 1 saturated heterocycles. The van der Waals surface area contributed by atoms with Gasteiger partial charge in [-0.05, 0) is 48.6 Å². The Morgan fingerprint density at radius 3 is 2.50 bits per heavy atom. The Morgan fingerprint density at radius 1 is 1.00 bits per heavy atom. The summed E-state index contributed by atoms with van der Waals surface area (Å²) in [6.07, 6.45) is 5.17. The fraction of sp³-hybridized carbons (Fsp3) is 0.240. The Labute approximate surface area is 186 Å². The van der Waals surface area contributed by atoms with Crippen LogP contribution in [-0.2, 0) is 15.6 Å². The number of nitrogens with zero attached hydrogens (tertiary/aromatic N) is 1. The van der Waals surface area contributed by atoms with Crippen molar-refractivity contribution in [2.24, 2.45) is 0 Å².